The number of unbranched alkanes of at least 4 members (excludes halogenated alkanes) is 4. The molecule has 1 rings (SSSR count). The minimum Gasteiger partial charge on any atom is -0.347 e. The SMILES string of the molecule is CCCCCCC[C@@]1(C)OC[C@@H](CCl)O1. The van der Waals surface area contributed by atoms with E-state index in [0.717, 1.165) is 6.42 Å². The van der Waals surface area contributed by atoms with E-state index in [-0.39, 0.29) is 11.9 Å². The number of alkyl halides is 1. The average Bonchev–Trinajstić information content (AvgIpc) is 2.61. The minimum absolute atomic E-state index is 0.0901. The van der Waals surface area contributed by atoms with Gasteiger partial charge < -0.3 is 9.47 Å². The monoisotopic (exact) mass is 234 g/mol. The van der Waals surface area contributed by atoms with E-state index in [2.05, 4.69) is 6.92 Å². The molecule has 15 heavy (non-hydrogen) atoms. The third-order valence-electron chi connectivity index (χ3n) is 2.90. The number of rotatable bonds is 7. The van der Waals surface area contributed by atoms with Gasteiger partial charge in [-0.2, -0.15) is 0 Å². The number of halogens is 1. The van der Waals surface area contributed by atoms with Gasteiger partial charge in [0.25, 0.3) is 0 Å². The summed E-state index contributed by atoms with van der Waals surface area (Å²) in [6.07, 6.45) is 7.50. The van der Waals surface area contributed by atoms with Gasteiger partial charge >= 0.3 is 0 Å². The Bertz CT molecular complexity index is 175. The topological polar surface area (TPSA) is 18.5 Å². The molecule has 3 heteroatoms. The van der Waals surface area contributed by atoms with Crippen molar-refractivity contribution in [3.8, 4) is 0 Å². The molecular formula is C12H23ClO2. The maximum Gasteiger partial charge on any atom is 0.166 e. The van der Waals surface area contributed by atoms with E-state index in [1.54, 1.807) is 0 Å². The molecule has 1 aliphatic rings. The van der Waals surface area contributed by atoms with E-state index in [4.69, 9.17) is 21.1 Å². The third-order valence-corrected chi connectivity index (χ3v) is 3.24. The molecule has 2 atom stereocenters. The average molecular weight is 235 g/mol. The summed E-state index contributed by atoms with van der Waals surface area (Å²) in [5.74, 6) is 0.164. The van der Waals surface area contributed by atoms with E-state index in [1.165, 1.54) is 32.1 Å². The first-order valence-corrected chi connectivity index (χ1v) is 6.61. The number of hydrogen-bond donors (Lipinski definition) is 0. The van der Waals surface area contributed by atoms with Gasteiger partial charge in [0.1, 0.15) is 0 Å². The van der Waals surface area contributed by atoms with Gasteiger partial charge in [0.2, 0.25) is 0 Å². The van der Waals surface area contributed by atoms with Gasteiger partial charge in [-0.15, -0.1) is 11.6 Å². The molecule has 0 unspecified atom stereocenters. The van der Waals surface area contributed by atoms with Crippen molar-refractivity contribution < 1.29 is 9.47 Å². The molecule has 0 aromatic carbocycles. The van der Waals surface area contributed by atoms with Gasteiger partial charge in [0.15, 0.2) is 5.79 Å². The van der Waals surface area contributed by atoms with Crippen molar-refractivity contribution in [2.75, 3.05) is 12.5 Å². The van der Waals surface area contributed by atoms with Gasteiger partial charge in [-0.25, -0.2) is 0 Å². The predicted molar refractivity (Wildman–Crippen MR) is 63.3 cm³/mol. The van der Waals surface area contributed by atoms with Crippen LogP contribution >= 0.6 is 11.6 Å². The van der Waals surface area contributed by atoms with Crippen LogP contribution in [-0.2, 0) is 9.47 Å². The highest BCUT2D eigenvalue weighted by Crippen LogP contribution is 2.29. The van der Waals surface area contributed by atoms with Gasteiger partial charge in [0, 0.05) is 6.42 Å². The Labute approximate surface area is 98.3 Å². The van der Waals surface area contributed by atoms with E-state index >= 15 is 0 Å². The zero-order chi connectivity index (χ0) is 11.1. The standard InChI is InChI=1S/C12H23ClO2/c1-3-4-5-6-7-8-12(2)14-10-11(9-13)15-12/h11H,3-10H2,1-2H3/t11-,12+/m1/s1. The van der Waals surface area contributed by atoms with Crippen LogP contribution in [0.1, 0.15) is 52.4 Å². The molecule has 0 bridgehead atoms. The van der Waals surface area contributed by atoms with Gasteiger partial charge in [-0.1, -0.05) is 32.6 Å². The van der Waals surface area contributed by atoms with Crippen LogP contribution in [0.5, 0.6) is 0 Å². The first-order chi connectivity index (χ1) is 7.20. The van der Waals surface area contributed by atoms with Crippen molar-refractivity contribution in [3.63, 3.8) is 0 Å². The van der Waals surface area contributed by atoms with E-state index < -0.39 is 0 Å². The summed E-state index contributed by atoms with van der Waals surface area (Å²) in [7, 11) is 0. The molecule has 1 heterocycles. The van der Waals surface area contributed by atoms with Crippen LogP contribution in [0, 0.1) is 0 Å². The lowest BCUT2D eigenvalue weighted by Crippen LogP contribution is -2.26. The minimum atomic E-state index is -0.369. The first-order valence-electron chi connectivity index (χ1n) is 6.08. The highest BCUT2D eigenvalue weighted by molar-refractivity contribution is 6.18. The van der Waals surface area contributed by atoms with Gasteiger partial charge in [-0.3, -0.25) is 0 Å². The van der Waals surface area contributed by atoms with Crippen molar-refractivity contribution in [1.29, 1.82) is 0 Å². The fourth-order valence-corrected chi connectivity index (χ4v) is 2.10. The fraction of sp³-hybridized carbons (Fsp3) is 1.00. The Hall–Kier alpha value is 0.210. The predicted octanol–water partition coefficient (Wildman–Crippen LogP) is 3.72. The summed E-state index contributed by atoms with van der Waals surface area (Å²) in [4.78, 5) is 0. The third kappa shape index (κ3) is 4.71. The molecule has 1 saturated heterocycles. The number of ether oxygens (including phenoxy) is 2. The van der Waals surface area contributed by atoms with Crippen LogP contribution in [0.4, 0.5) is 0 Å². The van der Waals surface area contributed by atoms with E-state index in [1.807, 2.05) is 6.92 Å². The molecule has 90 valence electrons. The van der Waals surface area contributed by atoms with Gasteiger partial charge in [-0.05, 0) is 13.3 Å². The maximum absolute atomic E-state index is 5.75. The van der Waals surface area contributed by atoms with Crippen LogP contribution in [-0.4, -0.2) is 24.4 Å². The molecule has 0 aromatic heterocycles. The first kappa shape index (κ1) is 13.3. The van der Waals surface area contributed by atoms with Gasteiger partial charge in [0.05, 0.1) is 18.6 Å². The molecule has 0 aliphatic carbocycles. The highest BCUT2D eigenvalue weighted by atomic mass is 35.5. The number of hydrogen-bond acceptors (Lipinski definition) is 2. The highest BCUT2D eigenvalue weighted by Gasteiger charge is 2.35. The van der Waals surface area contributed by atoms with Crippen LogP contribution in [0.2, 0.25) is 0 Å². The summed E-state index contributed by atoms with van der Waals surface area (Å²) in [6, 6.07) is 0. The molecule has 2 nitrogen and oxygen atoms in total. The summed E-state index contributed by atoms with van der Waals surface area (Å²) in [6.45, 7) is 4.91. The summed E-state index contributed by atoms with van der Waals surface area (Å²) >= 11 is 5.73. The van der Waals surface area contributed by atoms with Crippen LogP contribution < -0.4 is 0 Å². The van der Waals surface area contributed by atoms with E-state index in [0.29, 0.717) is 12.5 Å². The lowest BCUT2D eigenvalue weighted by Gasteiger charge is -2.22. The van der Waals surface area contributed by atoms with Crippen molar-refractivity contribution in [2.24, 2.45) is 0 Å². The van der Waals surface area contributed by atoms with Crippen molar-refractivity contribution in [1.82, 2.24) is 0 Å². The quantitative estimate of drug-likeness (QED) is 0.494. The Morgan fingerprint density at radius 1 is 1.27 bits per heavy atom. The van der Waals surface area contributed by atoms with Crippen LogP contribution in [0.3, 0.4) is 0 Å². The Balaban J connectivity index is 2.10. The molecule has 0 aromatic rings. The summed E-state index contributed by atoms with van der Waals surface area (Å²) in [5, 5.41) is 0. The second kappa shape index (κ2) is 6.72. The molecule has 1 aliphatic heterocycles. The maximum atomic E-state index is 5.75. The summed E-state index contributed by atoms with van der Waals surface area (Å²) < 4.78 is 11.4. The molecule has 0 radical (unpaired) electrons. The van der Waals surface area contributed by atoms with Crippen molar-refractivity contribution in [2.45, 2.75) is 64.3 Å². The van der Waals surface area contributed by atoms with E-state index in [9.17, 15) is 0 Å². The second-order valence-electron chi connectivity index (χ2n) is 4.50. The Kier molecular flexibility index (Phi) is 5.95. The molecule has 1 fully saturated rings. The zero-order valence-electron chi connectivity index (χ0n) is 9.93. The van der Waals surface area contributed by atoms with Crippen LogP contribution in [0.15, 0.2) is 0 Å². The molecule has 0 spiro atoms. The lowest BCUT2D eigenvalue weighted by atomic mass is 10.1. The largest absolute Gasteiger partial charge is 0.347 e. The Morgan fingerprint density at radius 2 is 2.00 bits per heavy atom. The fourth-order valence-electron chi connectivity index (χ4n) is 1.95. The van der Waals surface area contributed by atoms with Crippen molar-refractivity contribution >= 4 is 11.6 Å². The molecular weight excluding hydrogens is 212 g/mol. The lowest BCUT2D eigenvalue weighted by molar-refractivity contribution is -0.156. The Morgan fingerprint density at radius 3 is 2.60 bits per heavy atom. The normalized spacial score (nSPS) is 31.0. The molecule has 0 N–H and O–H groups in total. The van der Waals surface area contributed by atoms with Crippen molar-refractivity contribution in [3.05, 3.63) is 0 Å². The second-order valence-corrected chi connectivity index (χ2v) is 4.81. The zero-order valence-corrected chi connectivity index (χ0v) is 10.7. The molecule has 0 saturated carbocycles. The molecule has 0 amide bonds. The summed E-state index contributed by atoms with van der Waals surface area (Å²) in [5.41, 5.74) is 0. The van der Waals surface area contributed by atoms with Crippen LogP contribution in [0.25, 0.3) is 0 Å². The smallest absolute Gasteiger partial charge is 0.166 e.